The van der Waals surface area contributed by atoms with E-state index in [0.717, 1.165) is 65.1 Å². The number of fused-ring (bicyclic) bond motifs is 4. The zero-order valence-corrected chi connectivity index (χ0v) is 29.5. The smallest absolute Gasteiger partial charge is 0.416 e. The van der Waals surface area contributed by atoms with Gasteiger partial charge in [-0.25, -0.2) is 0 Å². The van der Waals surface area contributed by atoms with E-state index < -0.39 is 11.7 Å². The second kappa shape index (κ2) is 15.9. The molecule has 1 N–H and O–H groups in total. The van der Waals surface area contributed by atoms with Crippen LogP contribution in [0.15, 0.2) is 77.0 Å². The Labute approximate surface area is 282 Å². The Morgan fingerprint density at radius 3 is 2.17 bits per heavy atom. The van der Waals surface area contributed by atoms with Gasteiger partial charge in [0, 0.05) is 60.7 Å². The van der Waals surface area contributed by atoms with Crippen molar-refractivity contribution in [3.63, 3.8) is 0 Å². The van der Waals surface area contributed by atoms with E-state index in [1.54, 1.807) is 12.3 Å². The third kappa shape index (κ3) is 8.08. The summed E-state index contributed by atoms with van der Waals surface area (Å²) in [7, 11) is 0. The molecule has 0 aliphatic rings. The molecule has 0 aliphatic heterocycles. The van der Waals surface area contributed by atoms with Crippen LogP contribution in [0.3, 0.4) is 0 Å². The first kappa shape index (κ1) is 37.0. The second-order valence-electron chi connectivity index (χ2n) is 11.7. The Bertz CT molecular complexity index is 1820. The SMILES string of the molecule is CC(C)c1cc(-c2nccc3c2oc2cc(C(F)(F)F)ccc23)[c-]c2ccccc12.CCC(CC)C(=O)/C=C(\O)C(CC)CC.[Ir]. The minimum absolute atomic E-state index is 0. The van der Waals surface area contributed by atoms with Crippen LogP contribution < -0.4 is 0 Å². The van der Waals surface area contributed by atoms with E-state index in [1.807, 2.05) is 52.0 Å². The van der Waals surface area contributed by atoms with Crippen molar-refractivity contribution in [2.45, 2.75) is 79.3 Å². The van der Waals surface area contributed by atoms with E-state index in [9.17, 15) is 23.1 Å². The van der Waals surface area contributed by atoms with Gasteiger partial charge in [0.15, 0.2) is 5.78 Å². The van der Waals surface area contributed by atoms with Gasteiger partial charge < -0.3 is 9.52 Å². The van der Waals surface area contributed by atoms with Gasteiger partial charge in [-0.05, 0) is 55.9 Å². The molecule has 5 rings (SSSR count). The molecular formula is C38H41F3IrNO3-. The number of carbonyl (C=O) groups excluding carboxylic acids is 1. The van der Waals surface area contributed by atoms with Gasteiger partial charge in [-0.1, -0.05) is 70.7 Å². The Morgan fingerprint density at radius 2 is 1.57 bits per heavy atom. The molecule has 4 nitrogen and oxygen atoms in total. The molecule has 0 amide bonds. The van der Waals surface area contributed by atoms with E-state index in [4.69, 9.17) is 4.42 Å². The van der Waals surface area contributed by atoms with Gasteiger partial charge in [0.25, 0.3) is 0 Å². The minimum atomic E-state index is -4.42. The quantitative estimate of drug-likeness (QED) is 0.0915. The van der Waals surface area contributed by atoms with Gasteiger partial charge in [0.05, 0.1) is 11.3 Å². The summed E-state index contributed by atoms with van der Waals surface area (Å²) in [5, 5.41) is 13.2. The minimum Gasteiger partial charge on any atom is -0.512 e. The second-order valence-corrected chi connectivity index (χ2v) is 11.7. The van der Waals surface area contributed by atoms with Crippen LogP contribution in [0, 0.1) is 17.9 Å². The molecule has 0 unspecified atom stereocenters. The molecule has 8 heteroatoms. The van der Waals surface area contributed by atoms with Crippen LogP contribution in [0.25, 0.3) is 44.0 Å². The van der Waals surface area contributed by atoms with Crippen molar-refractivity contribution in [2.75, 3.05) is 0 Å². The van der Waals surface area contributed by atoms with Gasteiger partial charge in [0.1, 0.15) is 11.2 Å². The normalized spacial score (nSPS) is 12.2. The largest absolute Gasteiger partial charge is 0.512 e. The first-order chi connectivity index (χ1) is 21.4. The van der Waals surface area contributed by atoms with Crippen molar-refractivity contribution in [3.8, 4) is 11.3 Å². The van der Waals surface area contributed by atoms with Gasteiger partial charge in [-0.15, -0.1) is 29.1 Å². The Balaban J connectivity index is 0.000000309. The molecule has 5 aromatic rings. The summed E-state index contributed by atoms with van der Waals surface area (Å²) in [6.07, 6.45) is 2.14. The maximum Gasteiger partial charge on any atom is 0.416 e. The fourth-order valence-corrected chi connectivity index (χ4v) is 5.71. The summed E-state index contributed by atoms with van der Waals surface area (Å²) < 4.78 is 45.3. The van der Waals surface area contributed by atoms with Crippen LogP contribution in [0.1, 0.15) is 84.3 Å². The monoisotopic (exact) mass is 809 g/mol. The van der Waals surface area contributed by atoms with Crippen LogP contribution in [-0.4, -0.2) is 15.9 Å². The molecular weight excluding hydrogens is 768 g/mol. The molecule has 247 valence electrons. The molecule has 2 aromatic heterocycles. The van der Waals surface area contributed by atoms with E-state index in [0.29, 0.717) is 16.7 Å². The maximum absolute atomic E-state index is 13.1. The number of hydrogen-bond acceptors (Lipinski definition) is 4. The van der Waals surface area contributed by atoms with Crippen LogP contribution in [0.5, 0.6) is 0 Å². The summed E-state index contributed by atoms with van der Waals surface area (Å²) in [4.78, 5) is 16.2. The van der Waals surface area contributed by atoms with Crippen LogP contribution in [-0.2, 0) is 31.1 Å². The molecule has 1 radical (unpaired) electrons. The fraction of sp³-hybridized carbons (Fsp3) is 0.368. The van der Waals surface area contributed by atoms with Crippen molar-refractivity contribution in [1.82, 2.24) is 4.98 Å². The number of aliphatic hydroxyl groups excluding tert-OH is 1. The number of nitrogens with zero attached hydrogens (tertiary/aromatic N) is 1. The van der Waals surface area contributed by atoms with E-state index in [2.05, 4.69) is 31.0 Å². The number of furan rings is 1. The third-order valence-electron chi connectivity index (χ3n) is 8.48. The van der Waals surface area contributed by atoms with Gasteiger partial charge in [-0.2, -0.15) is 13.2 Å². The summed E-state index contributed by atoms with van der Waals surface area (Å²) >= 11 is 0. The number of pyridine rings is 1. The Kier molecular flexibility index (Phi) is 12.8. The standard InChI is InChI=1S/C25H17F3NO.C13H24O2.Ir/c1-14(2)21-12-16(11-15-5-3-4-6-18(15)21)23-24-20(9-10-29-23)19-8-7-17(25(26,27)28)13-22(19)30-24;1-5-10(6-2)12(14)9-13(15)11(7-3)8-4;/h3-10,12-14H,1-2H3;9-11,14H,5-8H2,1-4H3;/q-1;;/b;12-9-;. The van der Waals surface area contributed by atoms with Crippen molar-refractivity contribution >= 4 is 38.5 Å². The van der Waals surface area contributed by atoms with Crippen molar-refractivity contribution in [2.24, 2.45) is 11.8 Å². The van der Waals surface area contributed by atoms with Gasteiger partial charge in [0.2, 0.25) is 0 Å². The number of allylic oxidation sites excluding steroid dienone is 2. The van der Waals surface area contributed by atoms with Crippen LogP contribution in [0.2, 0.25) is 0 Å². The van der Waals surface area contributed by atoms with E-state index >= 15 is 0 Å². The molecule has 0 saturated carbocycles. The molecule has 2 heterocycles. The topological polar surface area (TPSA) is 63.3 Å². The average molecular weight is 809 g/mol. The number of halogens is 3. The maximum atomic E-state index is 13.1. The number of ketones is 1. The van der Waals surface area contributed by atoms with E-state index in [1.165, 1.54) is 12.1 Å². The first-order valence-corrected chi connectivity index (χ1v) is 15.7. The number of alkyl halides is 3. The Hall–Kier alpha value is -3.48. The molecule has 46 heavy (non-hydrogen) atoms. The number of aliphatic hydroxyl groups is 1. The molecule has 0 bridgehead atoms. The number of benzene rings is 3. The van der Waals surface area contributed by atoms with Gasteiger partial charge in [-0.3, -0.25) is 9.78 Å². The van der Waals surface area contributed by atoms with E-state index in [-0.39, 0.29) is 55.0 Å². The summed E-state index contributed by atoms with van der Waals surface area (Å²) in [5.74, 6) is 0.832. The number of carbonyl (C=O) groups is 1. The molecule has 0 aliphatic carbocycles. The summed E-state index contributed by atoms with van der Waals surface area (Å²) in [6, 6.07) is 18.8. The summed E-state index contributed by atoms with van der Waals surface area (Å²) in [5.41, 5.74) is 2.42. The third-order valence-corrected chi connectivity index (χ3v) is 8.48. The van der Waals surface area contributed by atoms with Crippen molar-refractivity contribution < 1.29 is 47.6 Å². The number of rotatable bonds is 9. The fourth-order valence-electron chi connectivity index (χ4n) is 5.71. The molecule has 0 fully saturated rings. The predicted molar refractivity (Wildman–Crippen MR) is 176 cm³/mol. The molecule has 0 saturated heterocycles. The number of aromatic nitrogens is 1. The summed E-state index contributed by atoms with van der Waals surface area (Å²) in [6.45, 7) is 12.3. The Morgan fingerprint density at radius 1 is 0.913 bits per heavy atom. The van der Waals surface area contributed by atoms with Crippen LogP contribution in [0.4, 0.5) is 13.2 Å². The van der Waals surface area contributed by atoms with Gasteiger partial charge >= 0.3 is 6.18 Å². The zero-order valence-electron chi connectivity index (χ0n) is 27.1. The van der Waals surface area contributed by atoms with Crippen molar-refractivity contribution in [1.29, 1.82) is 0 Å². The van der Waals surface area contributed by atoms with Crippen molar-refractivity contribution in [3.05, 3.63) is 89.8 Å². The molecule has 0 atom stereocenters. The average Bonchev–Trinajstić information content (AvgIpc) is 3.40. The molecule has 3 aromatic carbocycles. The zero-order chi connectivity index (χ0) is 32.9. The number of hydrogen-bond donors (Lipinski definition) is 1. The molecule has 0 spiro atoms. The predicted octanol–water partition coefficient (Wildman–Crippen LogP) is 11.6. The van der Waals surface area contributed by atoms with Crippen LogP contribution >= 0.6 is 0 Å². The first-order valence-electron chi connectivity index (χ1n) is 15.7.